The van der Waals surface area contributed by atoms with Crippen LogP contribution in [-0.4, -0.2) is 18.0 Å². The van der Waals surface area contributed by atoms with E-state index in [0.29, 0.717) is 5.92 Å². The molecular formula is C13H24N2O. The SMILES string of the molecule is CC(C)CC1(C(=O)NC2CC2N)CCCC1. The second kappa shape index (κ2) is 4.36. The third-order valence-electron chi connectivity index (χ3n) is 4.00. The van der Waals surface area contributed by atoms with E-state index in [-0.39, 0.29) is 23.4 Å². The van der Waals surface area contributed by atoms with Gasteiger partial charge in [-0.1, -0.05) is 26.7 Å². The molecular weight excluding hydrogens is 200 g/mol. The van der Waals surface area contributed by atoms with Crippen LogP contribution < -0.4 is 11.1 Å². The van der Waals surface area contributed by atoms with Gasteiger partial charge in [-0.25, -0.2) is 0 Å². The first-order valence-electron chi connectivity index (χ1n) is 6.60. The number of nitrogens with one attached hydrogen (secondary N) is 1. The lowest BCUT2D eigenvalue weighted by molar-refractivity contribution is -0.132. The maximum atomic E-state index is 12.3. The van der Waals surface area contributed by atoms with Gasteiger partial charge in [0.25, 0.3) is 0 Å². The van der Waals surface area contributed by atoms with Crippen molar-refractivity contribution in [1.29, 1.82) is 0 Å². The maximum Gasteiger partial charge on any atom is 0.226 e. The molecule has 92 valence electrons. The van der Waals surface area contributed by atoms with Crippen LogP contribution in [0.4, 0.5) is 0 Å². The minimum Gasteiger partial charge on any atom is -0.351 e. The summed E-state index contributed by atoms with van der Waals surface area (Å²) in [5.74, 6) is 0.869. The van der Waals surface area contributed by atoms with Crippen LogP contribution in [0, 0.1) is 11.3 Å². The van der Waals surface area contributed by atoms with E-state index in [0.717, 1.165) is 25.7 Å². The molecule has 2 fully saturated rings. The zero-order valence-corrected chi connectivity index (χ0v) is 10.5. The van der Waals surface area contributed by atoms with E-state index < -0.39 is 0 Å². The largest absolute Gasteiger partial charge is 0.351 e. The fourth-order valence-electron chi connectivity index (χ4n) is 3.06. The highest BCUT2D eigenvalue weighted by atomic mass is 16.2. The number of amides is 1. The lowest BCUT2D eigenvalue weighted by atomic mass is 9.77. The van der Waals surface area contributed by atoms with Gasteiger partial charge in [-0.15, -0.1) is 0 Å². The smallest absolute Gasteiger partial charge is 0.226 e. The monoisotopic (exact) mass is 224 g/mol. The Kier molecular flexibility index (Phi) is 3.24. The van der Waals surface area contributed by atoms with E-state index >= 15 is 0 Å². The van der Waals surface area contributed by atoms with Crippen molar-refractivity contribution in [2.45, 2.75) is 64.5 Å². The zero-order chi connectivity index (χ0) is 11.8. The molecule has 2 atom stereocenters. The van der Waals surface area contributed by atoms with E-state index in [4.69, 9.17) is 5.73 Å². The highest BCUT2D eigenvalue weighted by molar-refractivity contribution is 5.83. The predicted octanol–water partition coefficient (Wildman–Crippen LogP) is 1.81. The van der Waals surface area contributed by atoms with Crippen LogP contribution in [-0.2, 0) is 4.79 Å². The Morgan fingerprint density at radius 1 is 1.44 bits per heavy atom. The van der Waals surface area contributed by atoms with Crippen molar-refractivity contribution in [1.82, 2.24) is 5.32 Å². The molecule has 2 rings (SSSR count). The number of hydrogen-bond acceptors (Lipinski definition) is 2. The molecule has 3 heteroatoms. The summed E-state index contributed by atoms with van der Waals surface area (Å²) in [5.41, 5.74) is 5.67. The number of carbonyl (C=O) groups excluding carboxylic acids is 1. The van der Waals surface area contributed by atoms with Crippen LogP contribution in [0.2, 0.25) is 0 Å². The molecule has 3 N–H and O–H groups in total. The van der Waals surface area contributed by atoms with Gasteiger partial charge < -0.3 is 11.1 Å². The molecule has 0 aliphatic heterocycles. The van der Waals surface area contributed by atoms with Crippen molar-refractivity contribution in [3.05, 3.63) is 0 Å². The van der Waals surface area contributed by atoms with E-state index in [1.807, 2.05) is 0 Å². The van der Waals surface area contributed by atoms with Crippen molar-refractivity contribution < 1.29 is 4.79 Å². The number of nitrogens with two attached hydrogens (primary N) is 1. The molecule has 2 saturated carbocycles. The highest BCUT2D eigenvalue weighted by Crippen LogP contribution is 2.43. The highest BCUT2D eigenvalue weighted by Gasteiger charge is 2.44. The Hall–Kier alpha value is -0.570. The van der Waals surface area contributed by atoms with Crippen LogP contribution >= 0.6 is 0 Å². The molecule has 0 bridgehead atoms. The molecule has 0 aromatic heterocycles. The van der Waals surface area contributed by atoms with Crippen LogP contribution in [0.15, 0.2) is 0 Å². The van der Waals surface area contributed by atoms with Crippen molar-refractivity contribution in [3.8, 4) is 0 Å². The molecule has 0 saturated heterocycles. The third-order valence-corrected chi connectivity index (χ3v) is 4.00. The van der Waals surface area contributed by atoms with Crippen LogP contribution in [0.5, 0.6) is 0 Å². The standard InChI is InChI=1S/C13H24N2O/c1-9(2)8-13(5-3-4-6-13)12(16)15-11-7-10(11)14/h9-11H,3-8,14H2,1-2H3,(H,15,16). The van der Waals surface area contributed by atoms with E-state index in [9.17, 15) is 4.79 Å². The minimum atomic E-state index is -0.0729. The first-order chi connectivity index (χ1) is 7.53. The average Bonchev–Trinajstić information content (AvgIpc) is 2.71. The van der Waals surface area contributed by atoms with Gasteiger partial charge in [0.05, 0.1) is 0 Å². The van der Waals surface area contributed by atoms with Gasteiger partial charge in [0.2, 0.25) is 5.91 Å². The van der Waals surface area contributed by atoms with Crippen molar-refractivity contribution in [2.24, 2.45) is 17.1 Å². The van der Waals surface area contributed by atoms with E-state index in [1.54, 1.807) is 0 Å². The summed E-state index contributed by atoms with van der Waals surface area (Å²) in [5, 5.41) is 3.13. The molecule has 0 aromatic rings. The van der Waals surface area contributed by atoms with Crippen molar-refractivity contribution in [2.75, 3.05) is 0 Å². The summed E-state index contributed by atoms with van der Waals surface area (Å²) in [6.07, 6.45) is 6.54. The minimum absolute atomic E-state index is 0.0729. The summed E-state index contributed by atoms with van der Waals surface area (Å²) in [4.78, 5) is 12.3. The van der Waals surface area contributed by atoms with Gasteiger partial charge in [-0.05, 0) is 31.6 Å². The Labute approximate surface area is 98.2 Å². The quantitative estimate of drug-likeness (QED) is 0.765. The van der Waals surface area contributed by atoms with Gasteiger partial charge in [0, 0.05) is 17.5 Å². The third kappa shape index (κ3) is 2.40. The maximum absolute atomic E-state index is 12.3. The number of hydrogen-bond donors (Lipinski definition) is 2. The molecule has 0 aromatic carbocycles. The van der Waals surface area contributed by atoms with Crippen molar-refractivity contribution in [3.63, 3.8) is 0 Å². The van der Waals surface area contributed by atoms with Gasteiger partial charge >= 0.3 is 0 Å². The second-order valence-corrected chi connectivity index (χ2v) is 6.06. The predicted molar refractivity (Wildman–Crippen MR) is 64.9 cm³/mol. The molecule has 0 radical (unpaired) electrons. The first-order valence-corrected chi connectivity index (χ1v) is 6.60. The van der Waals surface area contributed by atoms with Crippen LogP contribution in [0.25, 0.3) is 0 Å². The Bertz CT molecular complexity index is 269. The summed E-state index contributed by atoms with van der Waals surface area (Å²) >= 11 is 0. The lowest BCUT2D eigenvalue weighted by Crippen LogP contribution is -2.42. The zero-order valence-electron chi connectivity index (χ0n) is 10.5. The van der Waals surface area contributed by atoms with Gasteiger partial charge in [0.15, 0.2) is 0 Å². The molecule has 2 aliphatic carbocycles. The first kappa shape index (κ1) is 11.9. The summed E-state index contributed by atoms with van der Waals surface area (Å²) < 4.78 is 0. The van der Waals surface area contributed by atoms with E-state index in [2.05, 4.69) is 19.2 Å². The molecule has 16 heavy (non-hydrogen) atoms. The second-order valence-electron chi connectivity index (χ2n) is 6.06. The topological polar surface area (TPSA) is 55.1 Å². The summed E-state index contributed by atoms with van der Waals surface area (Å²) in [7, 11) is 0. The molecule has 2 aliphatic rings. The van der Waals surface area contributed by atoms with Crippen LogP contribution in [0.3, 0.4) is 0 Å². The Morgan fingerprint density at radius 2 is 2.00 bits per heavy atom. The molecule has 3 nitrogen and oxygen atoms in total. The van der Waals surface area contributed by atoms with Crippen LogP contribution in [0.1, 0.15) is 52.4 Å². The Morgan fingerprint density at radius 3 is 2.44 bits per heavy atom. The summed E-state index contributed by atoms with van der Waals surface area (Å²) in [6, 6.07) is 0.471. The Balaban J connectivity index is 1.97. The normalized spacial score (nSPS) is 31.8. The van der Waals surface area contributed by atoms with Gasteiger partial charge in [-0.2, -0.15) is 0 Å². The van der Waals surface area contributed by atoms with Gasteiger partial charge in [0.1, 0.15) is 0 Å². The molecule has 0 heterocycles. The van der Waals surface area contributed by atoms with E-state index in [1.165, 1.54) is 12.8 Å². The fourth-order valence-corrected chi connectivity index (χ4v) is 3.06. The fraction of sp³-hybridized carbons (Fsp3) is 0.923. The van der Waals surface area contributed by atoms with Crippen molar-refractivity contribution >= 4 is 5.91 Å². The van der Waals surface area contributed by atoms with Gasteiger partial charge in [-0.3, -0.25) is 4.79 Å². The summed E-state index contributed by atoms with van der Waals surface area (Å²) in [6.45, 7) is 4.41. The molecule has 2 unspecified atom stereocenters. The number of carbonyl (C=O) groups is 1. The lowest BCUT2D eigenvalue weighted by Gasteiger charge is -2.29. The number of rotatable bonds is 4. The average molecular weight is 224 g/mol. The molecule has 0 spiro atoms. The molecule has 1 amide bonds.